The summed E-state index contributed by atoms with van der Waals surface area (Å²) in [6.45, 7) is 4.72. The van der Waals surface area contributed by atoms with E-state index >= 15 is 0 Å². The predicted molar refractivity (Wildman–Crippen MR) is 79.7 cm³/mol. The molecule has 4 nitrogen and oxygen atoms in total. The molecule has 0 amide bonds. The summed E-state index contributed by atoms with van der Waals surface area (Å²) in [6, 6.07) is 5.01. The summed E-state index contributed by atoms with van der Waals surface area (Å²) < 4.78 is 27.3. The first kappa shape index (κ1) is 15.8. The van der Waals surface area contributed by atoms with Crippen molar-refractivity contribution in [2.45, 2.75) is 19.1 Å². The van der Waals surface area contributed by atoms with Gasteiger partial charge < -0.3 is 5.32 Å². The fraction of sp³-hybridized carbons (Fsp3) is 0.455. The van der Waals surface area contributed by atoms with E-state index in [4.69, 9.17) is 11.6 Å². The van der Waals surface area contributed by atoms with Gasteiger partial charge in [-0.05, 0) is 31.7 Å². The van der Waals surface area contributed by atoms with Crippen LogP contribution in [-0.2, 0) is 10.0 Å². The Labute approximate surface area is 121 Å². The van der Waals surface area contributed by atoms with Crippen molar-refractivity contribution in [3.8, 4) is 0 Å². The topological polar surface area (TPSA) is 58.2 Å². The highest BCUT2D eigenvalue weighted by atomic mass is 79.9. The summed E-state index contributed by atoms with van der Waals surface area (Å²) >= 11 is 9.24. The number of hydrogen-bond donors (Lipinski definition) is 2. The van der Waals surface area contributed by atoms with E-state index in [1.165, 1.54) is 0 Å². The summed E-state index contributed by atoms with van der Waals surface area (Å²) in [7, 11) is -3.43. The molecular weight excluding hydrogens is 340 g/mol. The van der Waals surface area contributed by atoms with Crippen LogP contribution >= 0.6 is 27.5 Å². The van der Waals surface area contributed by atoms with Crippen LogP contribution in [0.25, 0.3) is 0 Å². The van der Waals surface area contributed by atoms with E-state index in [2.05, 4.69) is 26.0 Å². The fourth-order valence-corrected chi connectivity index (χ4v) is 3.08. The number of rotatable bonds is 6. The molecule has 18 heavy (non-hydrogen) atoms. The molecule has 7 heteroatoms. The van der Waals surface area contributed by atoms with E-state index in [1.807, 2.05) is 6.92 Å². The van der Waals surface area contributed by atoms with Crippen molar-refractivity contribution in [1.29, 1.82) is 0 Å². The van der Waals surface area contributed by atoms with Crippen LogP contribution in [0.3, 0.4) is 0 Å². The number of halogens is 2. The van der Waals surface area contributed by atoms with Crippen molar-refractivity contribution in [1.82, 2.24) is 5.32 Å². The molecule has 0 radical (unpaired) electrons. The van der Waals surface area contributed by atoms with Gasteiger partial charge in [0.15, 0.2) is 0 Å². The summed E-state index contributed by atoms with van der Waals surface area (Å²) in [5, 5.41) is 2.84. The largest absolute Gasteiger partial charge is 0.316 e. The van der Waals surface area contributed by atoms with Crippen molar-refractivity contribution < 1.29 is 8.42 Å². The molecule has 0 saturated heterocycles. The van der Waals surface area contributed by atoms with Gasteiger partial charge in [-0.25, -0.2) is 8.42 Å². The van der Waals surface area contributed by atoms with E-state index in [0.717, 1.165) is 11.0 Å². The van der Waals surface area contributed by atoms with Gasteiger partial charge in [0.25, 0.3) is 0 Å². The Morgan fingerprint density at radius 2 is 2.11 bits per heavy atom. The van der Waals surface area contributed by atoms with Crippen LogP contribution in [0, 0.1) is 0 Å². The van der Waals surface area contributed by atoms with E-state index in [9.17, 15) is 8.42 Å². The van der Waals surface area contributed by atoms with Gasteiger partial charge in [-0.1, -0.05) is 34.5 Å². The van der Waals surface area contributed by atoms with Gasteiger partial charge in [-0.15, -0.1) is 0 Å². The minimum absolute atomic E-state index is 0.364. The summed E-state index contributed by atoms with van der Waals surface area (Å²) in [5.41, 5.74) is 0.392. The quantitative estimate of drug-likeness (QED) is 0.825. The first-order valence-electron chi connectivity index (χ1n) is 5.54. The first-order chi connectivity index (χ1) is 8.36. The second-order valence-electron chi connectivity index (χ2n) is 3.89. The lowest BCUT2D eigenvalue weighted by Gasteiger charge is -2.15. The molecule has 0 saturated carbocycles. The van der Waals surface area contributed by atoms with Crippen molar-refractivity contribution in [2.24, 2.45) is 0 Å². The van der Waals surface area contributed by atoms with Crippen molar-refractivity contribution >= 4 is 43.2 Å². The van der Waals surface area contributed by atoms with Gasteiger partial charge >= 0.3 is 0 Å². The van der Waals surface area contributed by atoms with Gasteiger partial charge in [-0.2, -0.15) is 0 Å². The highest BCUT2D eigenvalue weighted by molar-refractivity contribution is 9.10. The monoisotopic (exact) mass is 354 g/mol. The minimum Gasteiger partial charge on any atom is -0.316 e. The summed E-state index contributed by atoms with van der Waals surface area (Å²) in [4.78, 5) is 0. The lowest BCUT2D eigenvalue weighted by atomic mass is 10.3. The molecule has 0 bridgehead atoms. The van der Waals surface area contributed by atoms with Gasteiger partial charge in [0.2, 0.25) is 10.0 Å². The molecule has 0 aliphatic rings. The molecule has 0 aliphatic carbocycles. The lowest BCUT2D eigenvalue weighted by molar-refractivity contribution is 0.579. The van der Waals surface area contributed by atoms with E-state index < -0.39 is 15.3 Å². The van der Waals surface area contributed by atoms with Crippen LogP contribution in [0.1, 0.15) is 13.8 Å². The standard InChI is InChI=1S/C11H16BrClN2O2S/c1-3-14-7-8(2)18(16,17)15-11-5-4-9(12)6-10(11)13/h4-6,8,14-15H,3,7H2,1-2H3. The third-order valence-electron chi connectivity index (χ3n) is 2.39. The zero-order chi connectivity index (χ0) is 13.8. The maximum absolute atomic E-state index is 12.0. The molecule has 0 aromatic heterocycles. The fourth-order valence-electron chi connectivity index (χ4n) is 1.28. The third kappa shape index (κ3) is 4.42. The summed E-state index contributed by atoms with van der Waals surface area (Å²) in [5.74, 6) is 0. The predicted octanol–water partition coefficient (Wildman–Crippen LogP) is 2.84. The molecule has 1 aromatic rings. The Kier molecular flexibility index (Phi) is 5.91. The number of anilines is 1. The summed E-state index contributed by atoms with van der Waals surface area (Å²) in [6.07, 6.45) is 0. The van der Waals surface area contributed by atoms with Crippen LogP contribution in [-0.4, -0.2) is 26.8 Å². The Hall–Kier alpha value is -0.300. The van der Waals surface area contributed by atoms with Crippen molar-refractivity contribution in [3.05, 3.63) is 27.7 Å². The van der Waals surface area contributed by atoms with Crippen molar-refractivity contribution in [3.63, 3.8) is 0 Å². The minimum atomic E-state index is -3.43. The highest BCUT2D eigenvalue weighted by Gasteiger charge is 2.21. The third-order valence-corrected chi connectivity index (χ3v) is 4.93. The molecule has 1 unspecified atom stereocenters. The number of hydrogen-bond acceptors (Lipinski definition) is 3. The zero-order valence-corrected chi connectivity index (χ0v) is 13.4. The molecule has 1 atom stereocenters. The molecule has 1 aromatic carbocycles. The van der Waals surface area contributed by atoms with Crippen LogP contribution in [0.15, 0.2) is 22.7 Å². The normalized spacial score (nSPS) is 13.3. The Bertz CT molecular complexity index is 508. The van der Waals surface area contributed by atoms with Gasteiger partial charge in [0, 0.05) is 11.0 Å². The molecule has 1 rings (SSSR count). The maximum atomic E-state index is 12.0. The molecular formula is C11H16BrClN2O2S. The Morgan fingerprint density at radius 1 is 1.44 bits per heavy atom. The lowest BCUT2D eigenvalue weighted by Crippen LogP contribution is -2.34. The second-order valence-corrected chi connectivity index (χ2v) is 7.31. The van der Waals surface area contributed by atoms with Crippen LogP contribution in [0.2, 0.25) is 5.02 Å². The van der Waals surface area contributed by atoms with Crippen LogP contribution in [0.5, 0.6) is 0 Å². The van der Waals surface area contributed by atoms with Gasteiger partial charge in [0.1, 0.15) is 0 Å². The number of sulfonamides is 1. The average molecular weight is 356 g/mol. The van der Waals surface area contributed by atoms with E-state index in [1.54, 1.807) is 25.1 Å². The molecule has 0 aliphatic heterocycles. The Morgan fingerprint density at radius 3 is 2.67 bits per heavy atom. The Balaban J connectivity index is 2.82. The van der Waals surface area contributed by atoms with E-state index in [0.29, 0.717) is 17.3 Å². The number of nitrogens with one attached hydrogen (secondary N) is 2. The first-order valence-corrected chi connectivity index (χ1v) is 8.26. The molecule has 2 N–H and O–H groups in total. The SMILES string of the molecule is CCNCC(C)S(=O)(=O)Nc1ccc(Br)cc1Cl. The molecule has 0 heterocycles. The van der Waals surface area contributed by atoms with Gasteiger partial charge in [0.05, 0.1) is 16.0 Å². The second kappa shape index (κ2) is 6.75. The molecule has 0 fully saturated rings. The number of benzene rings is 1. The van der Waals surface area contributed by atoms with Crippen molar-refractivity contribution in [2.75, 3.05) is 17.8 Å². The van der Waals surface area contributed by atoms with Crippen LogP contribution in [0.4, 0.5) is 5.69 Å². The molecule has 102 valence electrons. The maximum Gasteiger partial charge on any atom is 0.236 e. The zero-order valence-electron chi connectivity index (χ0n) is 10.2. The highest BCUT2D eigenvalue weighted by Crippen LogP contribution is 2.26. The van der Waals surface area contributed by atoms with E-state index in [-0.39, 0.29) is 0 Å². The average Bonchev–Trinajstić information content (AvgIpc) is 2.29. The van der Waals surface area contributed by atoms with Crippen LogP contribution < -0.4 is 10.0 Å². The smallest absolute Gasteiger partial charge is 0.236 e. The molecule has 0 spiro atoms. The van der Waals surface area contributed by atoms with Gasteiger partial charge in [-0.3, -0.25) is 4.72 Å².